The normalized spacial score (nSPS) is 15.4. The minimum Gasteiger partial charge on any atom is -0.327 e. The summed E-state index contributed by atoms with van der Waals surface area (Å²) >= 11 is 5.84. The van der Waals surface area contributed by atoms with Gasteiger partial charge in [0, 0.05) is 31.4 Å². The molecule has 108 valence electrons. The Morgan fingerprint density at radius 2 is 2.25 bits per heavy atom. The lowest BCUT2D eigenvalue weighted by molar-refractivity contribution is 0.309. The summed E-state index contributed by atoms with van der Waals surface area (Å²) in [7, 11) is 2.15. The summed E-state index contributed by atoms with van der Waals surface area (Å²) in [5, 5.41) is 0. The number of aryl methyl sites for hydroxylation is 1. The first-order chi connectivity index (χ1) is 9.70. The number of fused-ring (bicyclic) bond motifs is 1. The van der Waals surface area contributed by atoms with E-state index in [0.717, 1.165) is 30.5 Å². The second-order valence-corrected chi connectivity index (χ2v) is 5.82. The molecule has 20 heavy (non-hydrogen) atoms. The number of rotatable bonds is 6. The van der Waals surface area contributed by atoms with E-state index in [-0.39, 0.29) is 5.82 Å². The maximum atomic E-state index is 13.8. The number of benzene rings is 1. The number of imidazole rings is 1. The quantitative estimate of drug-likeness (QED) is 0.764. The Balaban J connectivity index is 1.89. The lowest BCUT2D eigenvalue weighted by Gasteiger charge is -2.17. The molecule has 0 unspecified atom stereocenters. The molecule has 0 spiro atoms. The molecule has 5 heteroatoms. The average Bonchev–Trinajstić information content (AvgIpc) is 3.21. The van der Waals surface area contributed by atoms with Crippen molar-refractivity contribution in [3.8, 4) is 0 Å². The van der Waals surface area contributed by atoms with Crippen LogP contribution in [0.2, 0.25) is 0 Å². The van der Waals surface area contributed by atoms with Gasteiger partial charge in [-0.25, -0.2) is 9.37 Å². The molecule has 1 fully saturated rings. The zero-order valence-electron chi connectivity index (χ0n) is 11.6. The molecule has 0 N–H and O–H groups in total. The van der Waals surface area contributed by atoms with Gasteiger partial charge in [0.05, 0.1) is 5.52 Å². The van der Waals surface area contributed by atoms with Crippen molar-refractivity contribution in [1.82, 2.24) is 14.5 Å². The van der Waals surface area contributed by atoms with Crippen LogP contribution in [-0.4, -0.2) is 40.0 Å². The summed E-state index contributed by atoms with van der Waals surface area (Å²) in [6, 6.07) is 5.86. The predicted molar refractivity (Wildman–Crippen MR) is 79.8 cm³/mol. The molecular formula is C15H19ClFN3. The fourth-order valence-corrected chi connectivity index (χ4v) is 2.81. The van der Waals surface area contributed by atoms with Crippen molar-refractivity contribution in [2.75, 3.05) is 19.5 Å². The van der Waals surface area contributed by atoms with E-state index in [1.165, 1.54) is 18.9 Å². The first-order valence-corrected chi connectivity index (χ1v) is 7.64. The van der Waals surface area contributed by atoms with Crippen LogP contribution in [0.15, 0.2) is 18.2 Å². The number of hydrogen-bond donors (Lipinski definition) is 0. The molecule has 0 amide bonds. The third-order valence-corrected chi connectivity index (χ3v) is 4.16. The van der Waals surface area contributed by atoms with Crippen molar-refractivity contribution in [3.05, 3.63) is 29.8 Å². The van der Waals surface area contributed by atoms with Gasteiger partial charge in [0.25, 0.3) is 0 Å². The highest BCUT2D eigenvalue weighted by Crippen LogP contribution is 2.26. The molecule has 1 aliphatic rings. The van der Waals surface area contributed by atoms with Crippen molar-refractivity contribution in [2.45, 2.75) is 31.8 Å². The van der Waals surface area contributed by atoms with Crippen molar-refractivity contribution < 1.29 is 4.39 Å². The summed E-state index contributed by atoms with van der Waals surface area (Å²) < 4.78 is 15.9. The topological polar surface area (TPSA) is 21.1 Å². The third-order valence-electron chi connectivity index (χ3n) is 3.97. The summed E-state index contributed by atoms with van der Waals surface area (Å²) in [5.41, 5.74) is 1.33. The van der Waals surface area contributed by atoms with Crippen LogP contribution in [0.3, 0.4) is 0 Å². The fraction of sp³-hybridized carbons (Fsp3) is 0.533. The van der Waals surface area contributed by atoms with E-state index in [9.17, 15) is 4.39 Å². The Kier molecular flexibility index (Phi) is 3.94. The summed E-state index contributed by atoms with van der Waals surface area (Å²) in [4.78, 5) is 6.80. The largest absolute Gasteiger partial charge is 0.327 e. The molecule has 1 aromatic heterocycles. The Bertz CT molecular complexity index is 606. The van der Waals surface area contributed by atoms with Crippen LogP contribution in [0.5, 0.6) is 0 Å². The lowest BCUT2D eigenvalue weighted by atomic mass is 10.3. The molecule has 3 nitrogen and oxygen atoms in total. The molecule has 1 heterocycles. The van der Waals surface area contributed by atoms with Gasteiger partial charge < -0.3 is 9.47 Å². The van der Waals surface area contributed by atoms with Crippen LogP contribution in [-0.2, 0) is 13.0 Å². The Morgan fingerprint density at radius 3 is 2.95 bits per heavy atom. The van der Waals surface area contributed by atoms with Crippen LogP contribution in [0, 0.1) is 5.82 Å². The highest BCUT2D eigenvalue weighted by molar-refractivity contribution is 6.17. The van der Waals surface area contributed by atoms with Crippen molar-refractivity contribution >= 4 is 22.6 Å². The van der Waals surface area contributed by atoms with Gasteiger partial charge in [-0.1, -0.05) is 6.07 Å². The molecule has 0 bridgehead atoms. The summed E-state index contributed by atoms with van der Waals surface area (Å²) in [6.45, 7) is 1.79. The standard InChI is InChI=1S/C15H19ClFN3/c1-19(11-5-6-11)9-10-20-13-4-2-3-12(17)15(13)18-14(20)7-8-16/h2-4,11H,5-10H2,1H3. The van der Waals surface area contributed by atoms with Gasteiger partial charge in [0.15, 0.2) is 5.82 Å². The molecule has 1 saturated carbocycles. The van der Waals surface area contributed by atoms with Crippen LogP contribution >= 0.6 is 11.6 Å². The highest BCUT2D eigenvalue weighted by atomic mass is 35.5. The molecule has 0 atom stereocenters. The number of likely N-dealkylation sites (N-methyl/N-ethyl adjacent to an activating group) is 1. The minimum atomic E-state index is -0.257. The first-order valence-electron chi connectivity index (χ1n) is 7.10. The van der Waals surface area contributed by atoms with E-state index >= 15 is 0 Å². The molecule has 0 radical (unpaired) electrons. The Labute approximate surface area is 123 Å². The second-order valence-electron chi connectivity index (χ2n) is 5.44. The SMILES string of the molecule is CN(CCn1c(CCCl)nc2c(F)cccc21)C1CC1. The number of aromatic nitrogens is 2. The van der Waals surface area contributed by atoms with Crippen LogP contribution in [0.25, 0.3) is 11.0 Å². The molecule has 0 aliphatic heterocycles. The first kappa shape index (κ1) is 13.8. The van der Waals surface area contributed by atoms with Crippen LogP contribution in [0.4, 0.5) is 4.39 Å². The van der Waals surface area contributed by atoms with Crippen molar-refractivity contribution in [3.63, 3.8) is 0 Å². The summed E-state index contributed by atoms with van der Waals surface area (Å²) in [6.07, 6.45) is 3.26. The lowest BCUT2D eigenvalue weighted by Crippen LogP contribution is -2.25. The third kappa shape index (κ3) is 2.67. The molecule has 2 aromatic rings. The van der Waals surface area contributed by atoms with Gasteiger partial charge >= 0.3 is 0 Å². The number of para-hydroxylation sites is 1. The number of nitrogens with zero attached hydrogens (tertiary/aromatic N) is 3. The molecular weight excluding hydrogens is 277 g/mol. The van der Waals surface area contributed by atoms with Gasteiger partial charge in [-0.2, -0.15) is 0 Å². The molecule has 1 aromatic carbocycles. The van der Waals surface area contributed by atoms with E-state index in [2.05, 4.69) is 21.5 Å². The maximum Gasteiger partial charge on any atom is 0.151 e. The van der Waals surface area contributed by atoms with E-state index in [1.807, 2.05) is 6.07 Å². The smallest absolute Gasteiger partial charge is 0.151 e. The predicted octanol–water partition coefficient (Wildman–Crippen LogP) is 3.05. The van der Waals surface area contributed by atoms with Gasteiger partial charge in [-0.05, 0) is 32.0 Å². The zero-order chi connectivity index (χ0) is 14.1. The summed E-state index contributed by atoms with van der Waals surface area (Å²) in [5.74, 6) is 1.13. The van der Waals surface area contributed by atoms with Gasteiger partial charge in [-0.3, -0.25) is 0 Å². The minimum absolute atomic E-state index is 0.257. The van der Waals surface area contributed by atoms with Gasteiger partial charge in [0.1, 0.15) is 11.3 Å². The van der Waals surface area contributed by atoms with E-state index in [1.54, 1.807) is 6.07 Å². The van der Waals surface area contributed by atoms with Gasteiger partial charge in [-0.15, -0.1) is 11.6 Å². The van der Waals surface area contributed by atoms with E-state index in [4.69, 9.17) is 11.6 Å². The van der Waals surface area contributed by atoms with Crippen molar-refractivity contribution in [1.29, 1.82) is 0 Å². The number of halogens is 2. The monoisotopic (exact) mass is 295 g/mol. The van der Waals surface area contributed by atoms with Crippen molar-refractivity contribution in [2.24, 2.45) is 0 Å². The average molecular weight is 296 g/mol. The van der Waals surface area contributed by atoms with Crippen LogP contribution < -0.4 is 0 Å². The van der Waals surface area contributed by atoms with E-state index < -0.39 is 0 Å². The maximum absolute atomic E-state index is 13.8. The Morgan fingerprint density at radius 1 is 1.45 bits per heavy atom. The Hall–Kier alpha value is -1.13. The van der Waals surface area contributed by atoms with Gasteiger partial charge in [0.2, 0.25) is 0 Å². The molecule has 3 rings (SSSR count). The number of alkyl halides is 1. The van der Waals surface area contributed by atoms with Crippen LogP contribution in [0.1, 0.15) is 18.7 Å². The number of hydrogen-bond acceptors (Lipinski definition) is 2. The highest BCUT2D eigenvalue weighted by Gasteiger charge is 2.26. The second kappa shape index (κ2) is 5.70. The molecule has 1 aliphatic carbocycles. The zero-order valence-corrected chi connectivity index (χ0v) is 12.4. The molecule has 0 saturated heterocycles. The fourth-order valence-electron chi connectivity index (χ4n) is 2.64. The van der Waals surface area contributed by atoms with E-state index in [0.29, 0.717) is 17.8 Å².